The summed E-state index contributed by atoms with van der Waals surface area (Å²) in [5.74, 6) is 1.63. The molecular formula is C11H6Br2O2. The molecule has 0 bridgehead atoms. The Bertz CT molecular complexity index is 503. The van der Waals surface area contributed by atoms with Gasteiger partial charge >= 0.3 is 0 Å². The van der Waals surface area contributed by atoms with E-state index in [1.54, 1.807) is 0 Å². The zero-order valence-electron chi connectivity index (χ0n) is 7.59. The highest BCUT2D eigenvalue weighted by Crippen LogP contribution is 2.38. The van der Waals surface area contributed by atoms with Crippen LogP contribution in [0.2, 0.25) is 0 Å². The van der Waals surface area contributed by atoms with Crippen LogP contribution in [0.5, 0.6) is 11.5 Å². The molecule has 76 valence electrons. The zero-order chi connectivity index (χ0) is 10.4. The van der Waals surface area contributed by atoms with Gasteiger partial charge in [-0.05, 0) is 66.9 Å². The molecule has 0 saturated carbocycles. The molecule has 0 radical (unpaired) electrons. The van der Waals surface area contributed by atoms with Crippen molar-refractivity contribution in [3.05, 3.63) is 33.2 Å². The van der Waals surface area contributed by atoms with Gasteiger partial charge in [0.15, 0.2) is 11.5 Å². The predicted molar refractivity (Wildman–Crippen MR) is 65.5 cm³/mol. The van der Waals surface area contributed by atoms with Crippen molar-refractivity contribution in [3.8, 4) is 11.5 Å². The molecule has 0 aliphatic carbocycles. The Morgan fingerprint density at radius 1 is 0.800 bits per heavy atom. The molecule has 0 fully saturated rings. The van der Waals surface area contributed by atoms with Gasteiger partial charge in [0.25, 0.3) is 0 Å². The third-order valence-corrected chi connectivity index (χ3v) is 4.22. The van der Waals surface area contributed by atoms with Crippen LogP contribution in [0.1, 0.15) is 0 Å². The Morgan fingerprint density at radius 2 is 1.27 bits per heavy atom. The normalized spacial score (nSPS) is 13.5. The van der Waals surface area contributed by atoms with Crippen LogP contribution in [0.4, 0.5) is 0 Å². The monoisotopic (exact) mass is 328 g/mol. The first-order chi connectivity index (χ1) is 7.24. The number of fused-ring (bicyclic) bond motifs is 2. The highest BCUT2D eigenvalue weighted by Gasteiger charge is 2.14. The van der Waals surface area contributed by atoms with E-state index in [9.17, 15) is 0 Å². The van der Waals surface area contributed by atoms with Crippen LogP contribution in [-0.4, -0.2) is 6.79 Å². The van der Waals surface area contributed by atoms with Crippen LogP contribution in [-0.2, 0) is 0 Å². The summed E-state index contributed by atoms with van der Waals surface area (Å²) in [6.45, 7) is 0.313. The van der Waals surface area contributed by atoms with Crippen molar-refractivity contribution in [2.24, 2.45) is 0 Å². The Morgan fingerprint density at radius 3 is 1.73 bits per heavy atom. The van der Waals surface area contributed by atoms with Gasteiger partial charge in [0, 0.05) is 8.95 Å². The zero-order valence-corrected chi connectivity index (χ0v) is 10.8. The van der Waals surface area contributed by atoms with Crippen molar-refractivity contribution in [2.45, 2.75) is 0 Å². The summed E-state index contributed by atoms with van der Waals surface area (Å²) < 4.78 is 12.7. The van der Waals surface area contributed by atoms with Gasteiger partial charge in [0.1, 0.15) is 0 Å². The van der Waals surface area contributed by atoms with Gasteiger partial charge in [-0.3, -0.25) is 0 Å². The summed E-state index contributed by atoms with van der Waals surface area (Å²) in [5, 5.41) is 2.27. The van der Waals surface area contributed by atoms with E-state index >= 15 is 0 Å². The van der Waals surface area contributed by atoms with E-state index in [2.05, 4.69) is 44.0 Å². The molecule has 4 heteroatoms. The number of ether oxygens (including phenoxy) is 2. The van der Waals surface area contributed by atoms with Crippen LogP contribution in [0, 0.1) is 0 Å². The summed E-state index contributed by atoms with van der Waals surface area (Å²) in [4.78, 5) is 0. The van der Waals surface area contributed by atoms with Gasteiger partial charge in [-0.25, -0.2) is 0 Å². The average Bonchev–Trinajstić information content (AvgIpc) is 2.63. The number of hydrogen-bond donors (Lipinski definition) is 0. The number of halogens is 2. The molecule has 3 rings (SSSR count). The van der Waals surface area contributed by atoms with E-state index < -0.39 is 0 Å². The minimum atomic E-state index is 0.313. The molecule has 1 heterocycles. The van der Waals surface area contributed by atoms with Crippen molar-refractivity contribution in [3.63, 3.8) is 0 Å². The van der Waals surface area contributed by atoms with Crippen molar-refractivity contribution >= 4 is 42.6 Å². The lowest BCUT2D eigenvalue weighted by molar-refractivity contribution is 0.174. The van der Waals surface area contributed by atoms with E-state index in [-0.39, 0.29) is 0 Å². The maximum Gasteiger partial charge on any atom is 0.231 e. The van der Waals surface area contributed by atoms with Crippen LogP contribution < -0.4 is 9.47 Å². The standard InChI is InChI=1S/C11H6Br2O2/c12-8-1-6-3-10-11(15-5-14-10)4-7(6)2-9(8)13/h1-4H,5H2. The van der Waals surface area contributed by atoms with Crippen molar-refractivity contribution < 1.29 is 9.47 Å². The first-order valence-corrected chi connectivity index (χ1v) is 6.01. The predicted octanol–water partition coefficient (Wildman–Crippen LogP) is 4.09. The van der Waals surface area contributed by atoms with Gasteiger partial charge in [-0.15, -0.1) is 0 Å². The van der Waals surface area contributed by atoms with Gasteiger partial charge in [-0.1, -0.05) is 0 Å². The molecular weight excluding hydrogens is 324 g/mol. The molecule has 0 amide bonds. The minimum absolute atomic E-state index is 0.313. The maximum absolute atomic E-state index is 5.33. The van der Waals surface area contributed by atoms with E-state index in [0.29, 0.717) is 6.79 Å². The Kier molecular flexibility index (Phi) is 2.14. The van der Waals surface area contributed by atoms with Crippen molar-refractivity contribution in [1.82, 2.24) is 0 Å². The van der Waals surface area contributed by atoms with E-state index in [4.69, 9.17) is 9.47 Å². The highest BCUT2D eigenvalue weighted by atomic mass is 79.9. The summed E-state index contributed by atoms with van der Waals surface area (Å²) in [6, 6.07) is 8.10. The molecule has 0 spiro atoms. The van der Waals surface area contributed by atoms with Crippen molar-refractivity contribution in [2.75, 3.05) is 6.79 Å². The first-order valence-electron chi connectivity index (χ1n) is 4.42. The Balaban J connectivity index is 2.34. The number of benzene rings is 2. The number of rotatable bonds is 0. The lowest BCUT2D eigenvalue weighted by atomic mass is 10.1. The van der Waals surface area contributed by atoms with Gasteiger partial charge < -0.3 is 9.47 Å². The molecule has 1 aliphatic rings. The fourth-order valence-corrected chi connectivity index (χ4v) is 2.36. The summed E-state index contributed by atoms with van der Waals surface area (Å²) in [7, 11) is 0. The highest BCUT2D eigenvalue weighted by molar-refractivity contribution is 9.13. The van der Waals surface area contributed by atoms with E-state index in [0.717, 1.165) is 31.2 Å². The Hall–Kier alpha value is -0.740. The third-order valence-electron chi connectivity index (χ3n) is 2.37. The second kappa shape index (κ2) is 3.39. The van der Waals surface area contributed by atoms with Gasteiger partial charge in [-0.2, -0.15) is 0 Å². The molecule has 15 heavy (non-hydrogen) atoms. The first kappa shape index (κ1) is 9.48. The largest absolute Gasteiger partial charge is 0.454 e. The van der Waals surface area contributed by atoms with Crippen LogP contribution in [0.3, 0.4) is 0 Å². The topological polar surface area (TPSA) is 18.5 Å². The lowest BCUT2D eigenvalue weighted by Crippen LogP contribution is -1.92. The van der Waals surface area contributed by atoms with Crippen LogP contribution in [0.15, 0.2) is 33.2 Å². The fourth-order valence-electron chi connectivity index (χ4n) is 1.63. The molecule has 1 aliphatic heterocycles. The molecule has 0 unspecified atom stereocenters. The molecule has 2 nitrogen and oxygen atoms in total. The van der Waals surface area contributed by atoms with Crippen LogP contribution in [0.25, 0.3) is 10.8 Å². The summed E-state index contributed by atoms with van der Waals surface area (Å²) in [6.07, 6.45) is 0. The second-order valence-corrected chi connectivity index (χ2v) is 5.03. The average molecular weight is 330 g/mol. The molecule has 2 aromatic carbocycles. The summed E-state index contributed by atoms with van der Waals surface area (Å²) in [5.41, 5.74) is 0. The molecule has 0 saturated heterocycles. The smallest absolute Gasteiger partial charge is 0.231 e. The molecule has 0 N–H and O–H groups in total. The lowest BCUT2D eigenvalue weighted by Gasteiger charge is -2.03. The van der Waals surface area contributed by atoms with Gasteiger partial charge in [0.2, 0.25) is 6.79 Å². The molecule has 2 aromatic rings. The summed E-state index contributed by atoms with van der Waals surface area (Å²) >= 11 is 6.96. The maximum atomic E-state index is 5.33. The van der Waals surface area contributed by atoms with E-state index in [1.807, 2.05) is 12.1 Å². The third kappa shape index (κ3) is 1.52. The second-order valence-electron chi connectivity index (χ2n) is 3.32. The van der Waals surface area contributed by atoms with Crippen molar-refractivity contribution in [1.29, 1.82) is 0 Å². The van der Waals surface area contributed by atoms with E-state index in [1.165, 1.54) is 0 Å². The quantitative estimate of drug-likeness (QED) is 0.724. The van der Waals surface area contributed by atoms with Gasteiger partial charge in [0.05, 0.1) is 0 Å². The number of hydrogen-bond acceptors (Lipinski definition) is 2. The fraction of sp³-hybridized carbons (Fsp3) is 0.0909. The Labute approximate surface area is 103 Å². The van der Waals surface area contributed by atoms with Crippen LogP contribution >= 0.6 is 31.9 Å². The SMILES string of the molecule is Brc1cc2cc3c(cc2cc1Br)OCO3. The molecule has 0 atom stereocenters. The molecule has 0 aromatic heterocycles. The minimum Gasteiger partial charge on any atom is -0.454 e.